The number of nitrogens with zero attached hydrogens (tertiary/aromatic N) is 3. The van der Waals surface area contributed by atoms with Gasteiger partial charge in [-0.3, -0.25) is 9.69 Å². The number of cyclic esters (lactones) is 1. The zero-order chi connectivity index (χ0) is 30.2. The average molecular weight is 584 g/mol. The number of anilines is 1. The minimum Gasteiger partial charge on any atom is -0.496 e. The molecule has 1 aliphatic carbocycles. The van der Waals surface area contributed by atoms with Gasteiger partial charge >= 0.3 is 12.1 Å². The number of benzene rings is 2. The molecular weight excluding hydrogens is 542 g/mol. The number of esters is 1. The number of ether oxygens (including phenoxy) is 3. The van der Waals surface area contributed by atoms with Crippen LogP contribution < -0.4 is 9.64 Å². The van der Waals surface area contributed by atoms with Crippen molar-refractivity contribution in [2.75, 3.05) is 31.7 Å². The SMILES string of the molecule is CCOC(=O)CC1CCc2cc(OC)c(-c3ccc(N4CCC4)nc3CN3C(=O)O[C@H](c4cc(C)cc(C)c4)[C@@H]3C)cc21. The third kappa shape index (κ3) is 5.67. The van der Waals surface area contributed by atoms with Crippen LogP contribution in [0.4, 0.5) is 10.6 Å². The monoisotopic (exact) mass is 583 g/mol. The second-order valence-electron chi connectivity index (χ2n) is 12.1. The summed E-state index contributed by atoms with van der Waals surface area (Å²) < 4.78 is 17.2. The summed E-state index contributed by atoms with van der Waals surface area (Å²) in [5.74, 6) is 1.61. The van der Waals surface area contributed by atoms with Crippen LogP contribution in [0.5, 0.6) is 5.75 Å². The molecule has 0 N–H and O–H groups in total. The molecule has 0 spiro atoms. The molecule has 226 valence electrons. The van der Waals surface area contributed by atoms with E-state index in [4.69, 9.17) is 19.2 Å². The number of rotatable bonds is 9. The van der Waals surface area contributed by atoms with E-state index in [9.17, 15) is 9.59 Å². The zero-order valence-electron chi connectivity index (χ0n) is 25.8. The van der Waals surface area contributed by atoms with Crippen molar-refractivity contribution < 1.29 is 23.8 Å². The zero-order valence-corrected chi connectivity index (χ0v) is 25.8. The van der Waals surface area contributed by atoms with E-state index in [1.165, 1.54) is 5.56 Å². The Bertz CT molecular complexity index is 1530. The Hall–Kier alpha value is -4.07. The van der Waals surface area contributed by atoms with E-state index >= 15 is 0 Å². The lowest BCUT2D eigenvalue weighted by atomic mass is 9.92. The van der Waals surface area contributed by atoms with Crippen molar-refractivity contribution in [1.29, 1.82) is 0 Å². The Balaban J connectivity index is 1.37. The van der Waals surface area contributed by atoms with Crippen molar-refractivity contribution in [3.05, 3.63) is 76.0 Å². The molecule has 3 atom stereocenters. The number of pyridine rings is 1. The van der Waals surface area contributed by atoms with Gasteiger partial charge < -0.3 is 19.1 Å². The van der Waals surface area contributed by atoms with Gasteiger partial charge in [0.1, 0.15) is 17.7 Å². The Morgan fingerprint density at radius 3 is 2.51 bits per heavy atom. The quantitative estimate of drug-likeness (QED) is 0.261. The first-order valence-electron chi connectivity index (χ1n) is 15.4. The van der Waals surface area contributed by atoms with Crippen LogP contribution in [0.2, 0.25) is 0 Å². The van der Waals surface area contributed by atoms with Gasteiger partial charge in [0.25, 0.3) is 0 Å². The summed E-state index contributed by atoms with van der Waals surface area (Å²) in [4.78, 5) is 34.9. The number of hydrogen-bond acceptors (Lipinski definition) is 7. The average Bonchev–Trinajstić information content (AvgIpc) is 3.46. The topological polar surface area (TPSA) is 81.2 Å². The number of aromatic nitrogens is 1. The molecule has 0 bridgehead atoms. The Labute approximate surface area is 254 Å². The molecule has 0 radical (unpaired) electrons. The molecule has 2 aliphatic heterocycles. The van der Waals surface area contributed by atoms with E-state index in [0.29, 0.717) is 19.6 Å². The van der Waals surface area contributed by atoms with Gasteiger partial charge in [-0.25, -0.2) is 9.78 Å². The molecule has 1 aromatic heterocycles. The van der Waals surface area contributed by atoms with E-state index in [1.54, 1.807) is 12.0 Å². The van der Waals surface area contributed by atoms with Gasteiger partial charge in [-0.1, -0.05) is 29.3 Å². The van der Waals surface area contributed by atoms with Crippen LogP contribution >= 0.6 is 0 Å². The molecule has 0 saturated carbocycles. The summed E-state index contributed by atoms with van der Waals surface area (Å²) in [5.41, 5.74) is 8.30. The molecule has 2 fully saturated rings. The lowest BCUT2D eigenvalue weighted by molar-refractivity contribution is -0.143. The Kier molecular flexibility index (Phi) is 8.03. The number of carbonyl (C=O) groups excluding carboxylic acids is 2. The lowest BCUT2D eigenvalue weighted by Gasteiger charge is -2.33. The minimum atomic E-state index is -0.355. The first-order chi connectivity index (χ1) is 20.7. The third-order valence-corrected chi connectivity index (χ3v) is 9.10. The lowest BCUT2D eigenvalue weighted by Crippen LogP contribution is -2.38. The molecule has 43 heavy (non-hydrogen) atoms. The third-order valence-electron chi connectivity index (χ3n) is 9.10. The highest BCUT2D eigenvalue weighted by molar-refractivity contribution is 5.78. The molecule has 8 heteroatoms. The molecule has 3 heterocycles. The van der Waals surface area contributed by atoms with Gasteiger partial charge in [-0.2, -0.15) is 0 Å². The maximum absolute atomic E-state index is 13.3. The van der Waals surface area contributed by atoms with Gasteiger partial charge in [0, 0.05) is 24.2 Å². The van der Waals surface area contributed by atoms with Crippen molar-refractivity contribution in [3.8, 4) is 16.9 Å². The second kappa shape index (κ2) is 11.9. The van der Waals surface area contributed by atoms with Gasteiger partial charge in [-0.15, -0.1) is 0 Å². The van der Waals surface area contributed by atoms with Crippen molar-refractivity contribution in [1.82, 2.24) is 9.88 Å². The van der Waals surface area contributed by atoms with Crippen molar-refractivity contribution >= 4 is 17.9 Å². The maximum atomic E-state index is 13.3. The first kappa shape index (κ1) is 29.0. The van der Waals surface area contributed by atoms with Crippen LogP contribution in [0.15, 0.2) is 42.5 Å². The fraction of sp³-hybridized carbons (Fsp3) is 0.457. The molecule has 3 aliphatic rings. The second-order valence-corrected chi connectivity index (χ2v) is 12.1. The maximum Gasteiger partial charge on any atom is 0.411 e. The summed E-state index contributed by atoms with van der Waals surface area (Å²) in [7, 11) is 1.69. The normalized spacial score (nSPS) is 21.0. The van der Waals surface area contributed by atoms with Crippen LogP contribution in [-0.2, 0) is 27.2 Å². The highest BCUT2D eigenvalue weighted by atomic mass is 16.6. The fourth-order valence-corrected chi connectivity index (χ4v) is 6.81. The molecule has 6 rings (SSSR count). The molecule has 2 saturated heterocycles. The van der Waals surface area contributed by atoms with Crippen LogP contribution in [0.25, 0.3) is 11.1 Å². The summed E-state index contributed by atoms with van der Waals surface area (Å²) in [6.07, 6.45) is 2.61. The predicted octanol–water partition coefficient (Wildman–Crippen LogP) is 6.65. The van der Waals surface area contributed by atoms with E-state index in [0.717, 1.165) is 83.0 Å². The van der Waals surface area contributed by atoms with Crippen LogP contribution in [0, 0.1) is 13.8 Å². The Morgan fingerprint density at radius 1 is 1.07 bits per heavy atom. The number of hydrogen-bond donors (Lipinski definition) is 0. The van der Waals surface area contributed by atoms with E-state index in [-0.39, 0.29) is 30.1 Å². The number of amides is 1. The minimum absolute atomic E-state index is 0.0996. The summed E-state index contributed by atoms with van der Waals surface area (Å²) in [6.45, 7) is 10.6. The van der Waals surface area contributed by atoms with Crippen LogP contribution in [0.1, 0.15) is 78.6 Å². The number of aryl methyl sites for hydroxylation is 3. The van der Waals surface area contributed by atoms with Crippen LogP contribution in [0.3, 0.4) is 0 Å². The number of carbonyl (C=O) groups is 2. The number of fused-ring (bicyclic) bond motifs is 1. The first-order valence-corrected chi connectivity index (χ1v) is 15.4. The van der Waals surface area contributed by atoms with E-state index in [1.807, 2.05) is 13.8 Å². The fourth-order valence-electron chi connectivity index (χ4n) is 6.81. The van der Waals surface area contributed by atoms with Crippen molar-refractivity contribution in [3.63, 3.8) is 0 Å². The van der Waals surface area contributed by atoms with Gasteiger partial charge in [-0.05, 0) is 93.8 Å². The smallest absolute Gasteiger partial charge is 0.411 e. The predicted molar refractivity (Wildman–Crippen MR) is 166 cm³/mol. The standard InChI is InChI=1S/C35H41N3O5/c1-6-42-33(39)18-25-9-8-24-17-31(41-5)29(19-28(24)25)27-10-11-32(37-12-7-13-37)36-30(27)20-38-23(4)34(43-35(38)40)26-15-21(2)14-22(3)16-26/h10-11,14-17,19,23,25,34H,6-9,12-13,18,20H2,1-5H3/t23-,25?,34-/m0/s1. The van der Waals surface area contributed by atoms with Crippen molar-refractivity contribution in [2.45, 2.75) is 78.0 Å². The highest BCUT2D eigenvalue weighted by Crippen LogP contribution is 2.44. The molecule has 1 amide bonds. The number of methoxy groups -OCH3 is 1. The molecule has 8 nitrogen and oxygen atoms in total. The molecule has 3 aromatic rings. The molecule has 2 aromatic carbocycles. The summed E-state index contributed by atoms with van der Waals surface area (Å²) in [5, 5.41) is 0. The summed E-state index contributed by atoms with van der Waals surface area (Å²) >= 11 is 0. The van der Waals surface area contributed by atoms with Gasteiger partial charge in [0.2, 0.25) is 0 Å². The van der Waals surface area contributed by atoms with Gasteiger partial charge in [0.15, 0.2) is 0 Å². The largest absolute Gasteiger partial charge is 0.496 e. The van der Waals surface area contributed by atoms with Crippen molar-refractivity contribution in [2.24, 2.45) is 0 Å². The van der Waals surface area contributed by atoms with Crippen LogP contribution in [-0.4, -0.2) is 54.8 Å². The Morgan fingerprint density at radius 2 is 1.84 bits per heavy atom. The molecule has 1 unspecified atom stereocenters. The van der Waals surface area contributed by atoms with Gasteiger partial charge in [0.05, 0.1) is 38.4 Å². The summed E-state index contributed by atoms with van der Waals surface area (Å²) in [6, 6.07) is 14.6. The van der Waals surface area contributed by atoms with E-state index < -0.39 is 0 Å². The molecular formula is C35H41N3O5. The highest BCUT2D eigenvalue weighted by Gasteiger charge is 2.40. The van der Waals surface area contributed by atoms with E-state index in [2.05, 4.69) is 61.2 Å².